The first-order valence-corrected chi connectivity index (χ1v) is 1.49. The van der Waals surface area contributed by atoms with Crippen LogP contribution in [0, 0.1) is 5.96 Å². The third-order valence-electron chi connectivity index (χ3n) is 0.442. The van der Waals surface area contributed by atoms with Gasteiger partial charge in [0.1, 0.15) is 0 Å². The Morgan fingerprint density at radius 1 is 1.80 bits per heavy atom. The summed E-state index contributed by atoms with van der Waals surface area (Å²) in [6.07, 6.45) is 1.82. The first kappa shape index (κ1) is 2.70. The Labute approximate surface area is 31.3 Å². The van der Waals surface area contributed by atoms with E-state index in [0.29, 0.717) is 0 Å². The summed E-state index contributed by atoms with van der Waals surface area (Å²) in [4.78, 5) is 2.81. The van der Waals surface area contributed by atoms with Crippen molar-refractivity contribution >= 4 is 7.05 Å². The van der Waals surface area contributed by atoms with Crippen LogP contribution in [0.15, 0.2) is 12.3 Å². The first-order chi connectivity index (χ1) is 2.50. The molecule has 0 aliphatic rings. The molecule has 1 aromatic heterocycles. The zero-order valence-electron chi connectivity index (χ0n) is 2.73. The van der Waals surface area contributed by atoms with E-state index in [1.165, 1.54) is 0 Å². The summed E-state index contributed by atoms with van der Waals surface area (Å²) >= 11 is 0. The Morgan fingerprint density at radius 2 is 2.80 bits per heavy atom. The molecule has 1 rings (SSSR count). The van der Waals surface area contributed by atoms with Gasteiger partial charge in [0.15, 0.2) is 0 Å². The van der Waals surface area contributed by atoms with E-state index in [4.69, 9.17) is 0 Å². The van der Waals surface area contributed by atoms with Crippen LogP contribution in [0.4, 0.5) is 0 Å². The van der Waals surface area contributed by atoms with Gasteiger partial charge in [-0.05, 0) is 0 Å². The van der Waals surface area contributed by atoms with E-state index < -0.39 is 0 Å². The molecule has 24 valence electrons. The molecular formula is C3H3BN-. The van der Waals surface area contributed by atoms with Crippen LogP contribution < -0.4 is 0 Å². The van der Waals surface area contributed by atoms with Gasteiger partial charge < -0.3 is 0 Å². The molecule has 1 nitrogen and oxygen atoms in total. The van der Waals surface area contributed by atoms with Crippen molar-refractivity contribution in [2.45, 2.75) is 0 Å². The molecule has 2 heteroatoms. The summed E-state index contributed by atoms with van der Waals surface area (Å²) in [5.41, 5.74) is 0. The van der Waals surface area contributed by atoms with Gasteiger partial charge >= 0.3 is 30.2 Å². The normalized spacial score (nSPS) is 7.20. The third kappa shape index (κ3) is 0.378. The van der Waals surface area contributed by atoms with Gasteiger partial charge in [0.25, 0.3) is 0 Å². The Morgan fingerprint density at radius 3 is 3.00 bits per heavy atom. The number of hydrogen-bond acceptors (Lipinski definition) is 0. The molecule has 0 aliphatic heterocycles. The van der Waals surface area contributed by atoms with Crippen LogP contribution in [0.1, 0.15) is 0 Å². The van der Waals surface area contributed by atoms with Gasteiger partial charge in [-0.1, -0.05) is 0 Å². The van der Waals surface area contributed by atoms with Gasteiger partial charge in [-0.3, -0.25) is 0 Å². The van der Waals surface area contributed by atoms with E-state index in [-0.39, 0.29) is 0 Å². The van der Waals surface area contributed by atoms with Crippen molar-refractivity contribution in [2.75, 3.05) is 0 Å². The van der Waals surface area contributed by atoms with E-state index >= 15 is 0 Å². The van der Waals surface area contributed by atoms with E-state index in [1.807, 2.05) is 12.3 Å². The van der Waals surface area contributed by atoms with Crippen LogP contribution >= 0.6 is 0 Å². The maximum absolute atomic E-state index is 2.81. The van der Waals surface area contributed by atoms with Crippen LogP contribution in [0.25, 0.3) is 0 Å². The van der Waals surface area contributed by atoms with Gasteiger partial charge in [0, 0.05) is 0 Å². The molecule has 0 saturated heterocycles. The number of H-pyrrole nitrogens is 1. The van der Waals surface area contributed by atoms with Crippen molar-refractivity contribution in [3.05, 3.63) is 18.2 Å². The van der Waals surface area contributed by atoms with Gasteiger partial charge in [0.05, 0.1) is 0 Å². The molecule has 1 aromatic rings. The summed E-state index contributed by atoms with van der Waals surface area (Å²) in [5, 5.41) is 0. The second-order valence-corrected chi connectivity index (χ2v) is 0.811. The summed E-state index contributed by atoms with van der Waals surface area (Å²) in [6, 6.07) is 1.82. The fourth-order valence-corrected chi connectivity index (χ4v) is 0.241. The molecule has 0 spiro atoms. The van der Waals surface area contributed by atoms with Gasteiger partial charge in [-0.25, -0.2) is 0 Å². The number of hydrogen-bond donors (Lipinski definition) is 1. The summed E-state index contributed by atoms with van der Waals surface area (Å²) < 4.78 is 0. The first-order valence-electron chi connectivity index (χ1n) is 1.49. The summed E-state index contributed by atoms with van der Waals surface area (Å²) in [6.45, 7) is 0. The molecule has 0 aliphatic carbocycles. The topological polar surface area (TPSA) is 15.8 Å². The van der Waals surface area contributed by atoms with Crippen LogP contribution in [0.5, 0.6) is 0 Å². The molecule has 1 N–H and O–H groups in total. The van der Waals surface area contributed by atoms with Crippen molar-refractivity contribution in [1.29, 1.82) is 0 Å². The van der Waals surface area contributed by atoms with Crippen LogP contribution in [0.3, 0.4) is 0 Å². The Hall–Kier alpha value is -0.525. The van der Waals surface area contributed by atoms with Crippen molar-refractivity contribution in [1.82, 2.24) is 4.89 Å². The standard InChI is InChI=1S/C3H3BN/c1-2-4-5-3-1/h1,3,5H/q-1. The minimum absolute atomic E-state index is 1.75. The second-order valence-electron chi connectivity index (χ2n) is 0.811. The number of aromatic nitrogens is 1. The molecule has 0 bridgehead atoms. The van der Waals surface area contributed by atoms with Gasteiger partial charge in [-0.15, -0.1) is 0 Å². The molecule has 1 heterocycles. The van der Waals surface area contributed by atoms with Crippen molar-refractivity contribution in [2.24, 2.45) is 0 Å². The van der Waals surface area contributed by atoms with Crippen molar-refractivity contribution < 1.29 is 0 Å². The van der Waals surface area contributed by atoms with Crippen molar-refractivity contribution in [3.8, 4) is 0 Å². The molecule has 0 atom stereocenters. The fourth-order valence-electron chi connectivity index (χ4n) is 0.241. The Kier molecular flexibility index (Phi) is 0.574. The molecule has 0 fully saturated rings. The number of nitrogens with one attached hydrogen (secondary N) is 1. The monoisotopic (exact) mass is 64.0 g/mol. The molecule has 0 aromatic carbocycles. The maximum atomic E-state index is 2.81. The van der Waals surface area contributed by atoms with E-state index in [2.05, 4.69) is 10.9 Å². The SMILES string of the molecule is b1[c-]cc[nH]1. The average molecular weight is 63.9 g/mol. The average Bonchev–Trinajstić information content (AvgIpc) is 1.76. The van der Waals surface area contributed by atoms with Crippen LogP contribution in [-0.2, 0) is 0 Å². The third-order valence-corrected chi connectivity index (χ3v) is 0.442. The second kappa shape index (κ2) is 1.06. The predicted molar refractivity (Wildman–Crippen MR) is 21.0 cm³/mol. The summed E-state index contributed by atoms with van der Waals surface area (Å²) in [7, 11) is 1.75. The van der Waals surface area contributed by atoms with Crippen molar-refractivity contribution in [3.63, 3.8) is 0 Å². The molecule has 0 unspecified atom stereocenters. The molecular weight excluding hydrogens is 60.9 g/mol. The van der Waals surface area contributed by atoms with Crippen LogP contribution in [0.2, 0.25) is 0 Å². The molecule has 0 saturated carbocycles. The summed E-state index contributed by atoms with van der Waals surface area (Å²) in [5.74, 6) is 2.81. The molecule has 5 heavy (non-hydrogen) atoms. The molecule has 0 radical (unpaired) electrons. The zero-order valence-corrected chi connectivity index (χ0v) is 2.73. The Balaban J connectivity index is 3.13. The fraction of sp³-hybridized carbons (Fsp3) is 0. The number of rotatable bonds is 0. The minimum atomic E-state index is 1.75. The van der Waals surface area contributed by atoms with E-state index in [9.17, 15) is 0 Å². The predicted octanol–water partition coefficient (Wildman–Crippen LogP) is 0.153. The van der Waals surface area contributed by atoms with Gasteiger partial charge in [0.2, 0.25) is 0 Å². The molecule has 0 amide bonds. The quantitative estimate of drug-likeness (QED) is 0.413. The van der Waals surface area contributed by atoms with E-state index in [1.54, 1.807) is 7.05 Å². The van der Waals surface area contributed by atoms with Gasteiger partial charge in [-0.2, -0.15) is 0 Å². The van der Waals surface area contributed by atoms with E-state index in [0.717, 1.165) is 0 Å². The zero-order chi connectivity index (χ0) is 3.54. The van der Waals surface area contributed by atoms with Crippen LogP contribution in [-0.4, -0.2) is 11.9 Å². The Bertz CT molecular complexity index is 63.4. The number of aromatic amines is 1.